The second kappa shape index (κ2) is 7.46. The predicted octanol–water partition coefficient (Wildman–Crippen LogP) is 2.85. The summed E-state index contributed by atoms with van der Waals surface area (Å²) >= 11 is 0. The van der Waals surface area contributed by atoms with Crippen LogP contribution in [0.1, 0.15) is 49.9 Å². The maximum Gasteiger partial charge on any atom is 0.255 e. The molecule has 0 bridgehead atoms. The zero-order chi connectivity index (χ0) is 17.9. The number of benzene rings is 1. The Kier molecular flexibility index (Phi) is 5.30. The van der Waals surface area contributed by atoms with E-state index in [1.54, 1.807) is 18.2 Å². The van der Waals surface area contributed by atoms with Crippen molar-refractivity contribution < 1.29 is 14.3 Å². The molecule has 1 unspecified atom stereocenters. The summed E-state index contributed by atoms with van der Waals surface area (Å²) in [5, 5.41) is 2.76. The van der Waals surface area contributed by atoms with Gasteiger partial charge in [0.25, 0.3) is 5.91 Å². The van der Waals surface area contributed by atoms with E-state index in [1.807, 2.05) is 17.9 Å². The van der Waals surface area contributed by atoms with Crippen LogP contribution in [0.2, 0.25) is 0 Å². The lowest BCUT2D eigenvalue weighted by Gasteiger charge is -2.53. The van der Waals surface area contributed by atoms with Crippen LogP contribution in [0.3, 0.4) is 0 Å². The minimum atomic E-state index is -0.263. The van der Waals surface area contributed by atoms with Crippen molar-refractivity contribution in [3.8, 4) is 5.75 Å². The minimum Gasteiger partial charge on any atom is -0.493 e. The highest BCUT2D eigenvalue weighted by Gasteiger charge is 2.46. The number of likely N-dealkylation sites (tertiary alicyclic amines) is 1. The number of nitrogens with one attached hydrogen (secondary N) is 1. The average molecular weight is 344 g/mol. The molecular formula is C20H28N2O3. The third-order valence-corrected chi connectivity index (χ3v) is 5.92. The van der Waals surface area contributed by atoms with E-state index < -0.39 is 0 Å². The van der Waals surface area contributed by atoms with Gasteiger partial charge in [-0.3, -0.25) is 9.59 Å². The maximum atomic E-state index is 12.6. The topological polar surface area (TPSA) is 58.6 Å². The van der Waals surface area contributed by atoms with Gasteiger partial charge in [-0.15, -0.1) is 0 Å². The lowest BCUT2D eigenvalue weighted by Crippen LogP contribution is -2.54. The molecule has 25 heavy (non-hydrogen) atoms. The predicted molar refractivity (Wildman–Crippen MR) is 96.6 cm³/mol. The molecule has 2 fully saturated rings. The van der Waals surface area contributed by atoms with Gasteiger partial charge in [0, 0.05) is 13.1 Å². The molecule has 5 heteroatoms. The zero-order valence-corrected chi connectivity index (χ0v) is 15.2. The van der Waals surface area contributed by atoms with Gasteiger partial charge in [0.1, 0.15) is 5.75 Å². The Labute approximate surface area is 149 Å². The quantitative estimate of drug-likeness (QED) is 0.893. The van der Waals surface area contributed by atoms with Crippen LogP contribution in [0.25, 0.3) is 0 Å². The summed E-state index contributed by atoms with van der Waals surface area (Å²) in [6.07, 6.45) is 4.79. The molecule has 1 aliphatic heterocycles. The molecule has 1 aliphatic carbocycles. The van der Waals surface area contributed by atoms with Gasteiger partial charge < -0.3 is 15.0 Å². The van der Waals surface area contributed by atoms with Gasteiger partial charge in [-0.2, -0.15) is 0 Å². The molecule has 1 saturated carbocycles. The third kappa shape index (κ3) is 3.65. The second-order valence-corrected chi connectivity index (χ2v) is 7.33. The molecule has 1 aromatic rings. The van der Waals surface area contributed by atoms with E-state index in [0.29, 0.717) is 29.3 Å². The minimum absolute atomic E-state index is 0.0143. The van der Waals surface area contributed by atoms with E-state index >= 15 is 0 Å². The third-order valence-electron chi connectivity index (χ3n) is 5.92. The van der Waals surface area contributed by atoms with E-state index in [1.165, 1.54) is 19.3 Å². The van der Waals surface area contributed by atoms with Gasteiger partial charge in [-0.05, 0) is 49.7 Å². The van der Waals surface area contributed by atoms with Crippen molar-refractivity contribution >= 4 is 11.8 Å². The first-order valence-electron chi connectivity index (χ1n) is 9.33. The van der Waals surface area contributed by atoms with Crippen molar-refractivity contribution in [2.75, 3.05) is 26.2 Å². The van der Waals surface area contributed by atoms with Gasteiger partial charge >= 0.3 is 0 Å². The van der Waals surface area contributed by atoms with E-state index in [-0.39, 0.29) is 18.4 Å². The molecule has 0 aromatic heterocycles. The highest BCUT2D eigenvalue weighted by atomic mass is 16.5. The van der Waals surface area contributed by atoms with Crippen LogP contribution < -0.4 is 10.1 Å². The van der Waals surface area contributed by atoms with Crippen molar-refractivity contribution in [2.24, 2.45) is 11.3 Å². The summed E-state index contributed by atoms with van der Waals surface area (Å²) in [7, 11) is 0. The van der Waals surface area contributed by atoms with Gasteiger partial charge in [0.05, 0.1) is 18.7 Å². The van der Waals surface area contributed by atoms with Crippen LogP contribution in [0, 0.1) is 11.3 Å². The SMILES string of the molecule is CCOc1ccccc1C(=O)NCC(=O)N1CCC(C)C2(CCC2)C1. The number of piperidine rings is 1. The smallest absolute Gasteiger partial charge is 0.255 e. The zero-order valence-electron chi connectivity index (χ0n) is 15.2. The monoisotopic (exact) mass is 344 g/mol. The Hall–Kier alpha value is -2.04. The summed E-state index contributed by atoms with van der Waals surface area (Å²) in [4.78, 5) is 26.9. The molecule has 1 saturated heterocycles. The largest absolute Gasteiger partial charge is 0.493 e. The van der Waals surface area contributed by atoms with Gasteiger partial charge in [-0.1, -0.05) is 25.5 Å². The number of carbonyl (C=O) groups is 2. The molecular weight excluding hydrogens is 316 g/mol. The normalized spacial score (nSPS) is 21.5. The number of para-hydroxylation sites is 1. The lowest BCUT2D eigenvalue weighted by molar-refractivity contribution is -0.138. The van der Waals surface area contributed by atoms with Crippen LogP contribution >= 0.6 is 0 Å². The number of hydrogen-bond donors (Lipinski definition) is 1. The molecule has 2 aliphatic rings. The Bertz CT molecular complexity index is 640. The number of nitrogens with zero attached hydrogens (tertiary/aromatic N) is 1. The molecule has 136 valence electrons. The van der Waals surface area contributed by atoms with Crippen LogP contribution in [0.15, 0.2) is 24.3 Å². The number of amides is 2. The van der Waals surface area contributed by atoms with Crippen molar-refractivity contribution in [3.05, 3.63) is 29.8 Å². The van der Waals surface area contributed by atoms with E-state index in [9.17, 15) is 9.59 Å². The van der Waals surface area contributed by atoms with Crippen LogP contribution in [0.4, 0.5) is 0 Å². The summed E-state index contributed by atoms with van der Waals surface area (Å²) in [5.41, 5.74) is 0.805. The number of rotatable bonds is 5. The van der Waals surface area contributed by atoms with Crippen molar-refractivity contribution in [1.82, 2.24) is 10.2 Å². The Balaban J connectivity index is 1.56. The van der Waals surface area contributed by atoms with Crippen molar-refractivity contribution in [2.45, 2.75) is 39.5 Å². The second-order valence-electron chi connectivity index (χ2n) is 7.33. The molecule has 1 heterocycles. The maximum absolute atomic E-state index is 12.6. The first-order chi connectivity index (χ1) is 12.1. The highest BCUT2D eigenvalue weighted by Crippen LogP contribution is 2.50. The molecule has 3 rings (SSSR count). The number of carbonyl (C=O) groups excluding carboxylic acids is 2. The fourth-order valence-electron chi connectivity index (χ4n) is 4.06. The Morgan fingerprint density at radius 3 is 2.76 bits per heavy atom. The lowest BCUT2D eigenvalue weighted by atomic mass is 9.59. The molecule has 1 atom stereocenters. The fourth-order valence-corrected chi connectivity index (χ4v) is 4.06. The Morgan fingerprint density at radius 2 is 2.08 bits per heavy atom. The van der Waals surface area contributed by atoms with Crippen LogP contribution in [-0.4, -0.2) is 43.0 Å². The highest BCUT2D eigenvalue weighted by molar-refractivity contribution is 5.98. The molecule has 1 aromatic carbocycles. The van der Waals surface area contributed by atoms with Crippen molar-refractivity contribution in [1.29, 1.82) is 0 Å². The molecule has 1 spiro atoms. The van der Waals surface area contributed by atoms with E-state index in [2.05, 4.69) is 12.2 Å². The van der Waals surface area contributed by atoms with Crippen molar-refractivity contribution in [3.63, 3.8) is 0 Å². The van der Waals surface area contributed by atoms with Crippen LogP contribution in [-0.2, 0) is 4.79 Å². The Morgan fingerprint density at radius 1 is 1.32 bits per heavy atom. The van der Waals surface area contributed by atoms with Gasteiger partial charge in [0.15, 0.2) is 0 Å². The summed E-state index contributed by atoms with van der Waals surface area (Å²) in [6, 6.07) is 7.12. The van der Waals surface area contributed by atoms with Gasteiger partial charge in [0.2, 0.25) is 5.91 Å². The van der Waals surface area contributed by atoms with E-state index in [0.717, 1.165) is 19.5 Å². The molecule has 5 nitrogen and oxygen atoms in total. The first kappa shape index (κ1) is 17.8. The number of ether oxygens (including phenoxy) is 1. The van der Waals surface area contributed by atoms with E-state index in [4.69, 9.17) is 4.74 Å². The summed E-state index contributed by atoms with van der Waals surface area (Å²) < 4.78 is 5.49. The summed E-state index contributed by atoms with van der Waals surface area (Å²) in [6.45, 7) is 6.38. The standard InChI is InChI=1S/C20H28N2O3/c1-3-25-17-8-5-4-7-16(17)19(24)21-13-18(23)22-12-9-15(2)20(14-22)10-6-11-20/h4-5,7-8,15H,3,6,9-14H2,1-2H3,(H,21,24). The van der Waals surface area contributed by atoms with Crippen LogP contribution in [0.5, 0.6) is 5.75 Å². The first-order valence-corrected chi connectivity index (χ1v) is 9.33. The summed E-state index contributed by atoms with van der Waals surface area (Å²) in [5.74, 6) is 0.995. The number of hydrogen-bond acceptors (Lipinski definition) is 3. The molecule has 2 amide bonds. The fraction of sp³-hybridized carbons (Fsp3) is 0.600. The molecule has 1 N–H and O–H groups in total. The molecule has 0 radical (unpaired) electrons. The van der Waals surface area contributed by atoms with Gasteiger partial charge in [-0.25, -0.2) is 0 Å². The average Bonchev–Trinajstić information content (AvgIpc) is 2.59.